The predicted molar refractivity (Wildman–Crippen MR) is 223 cm³/mol. The van der Waals surface area contributed by atoms with Crippen LogP contribution >= 0.6 is 0 Å². The van der Waals surface area contributed by atoms with Crippen molar-refractivity contribution < 1.29 is 53.4 Å². The van der Waals surface area contributed by atoms with Crippen molar-refractivity contribution >= 4 is 75.1 Å². The summed E-state index contributed by atoms with van der Waals surface area (Å²) in [6.07, 6.45) is 1.02. The van der Waals surface area contributed by atoms with Gasteiger partial charge >= 0.3 is 11.9 Å². The van der Waals surface area contributed by atoms with E-state index in [2.05, 4.69) is 36.6 Å². The van der Waals surface area contributed by atoms with Crippen LogP contribution in [0.4, 0.5) is 0 Å². The largest absolute Gasteiger partial charge is 0.481 e. The summed E-state index contributed by atoms with van der Waals surface area (Å²) in [5.74, 6) is -10.0. The van der Waals surface area contributed by atoms with Crippen LogP contribution in [-0.2, 0) is 56.0 Å². The monoisotopic (exact) mass is 860 g/mol. The average molecular weight is 861 g/mol. The Labute approximate surface area is 354 Å². The number of rotatable bonds is 24. The number of aliphatic carboxylic acids is 2. The number of benzene rings is 2. The molecule has 0 aliphatic heterocycles. The van der Waals surface area contributed by atoms with Crippen LogP contribution in [0.5, 0.6) is 0 Å². The van der Waals surface area contributed by atoms with E-state index in [4.69, 9.17) is 17.2 Å². The van der Waals surface area contributed by atoms with Crippen molar-refractivity contribution in [3.63, 3.8) is 0 Å². The van der Waals surface area contributed by atoms with E-state index in [1.54, 1.807) is 68.7 Å². The predicted octanol–water partition coefficient (Wildman–Crippen LogP) is -1.07. The summed E-state index contributed by atoms with van der Waals surface area (Å²) >= 11 is 0. The standard InChI is InChI=1S/C41H52N10O11/c1-3-20(2)35(51-39(59)30(48-36(56)25(42)16-34(54)55)15-22-19-46-27-11-7-5-9-24(22)27)40(60)50-29(14-21-18-45-26-10-6-4-8-23(21)26)37(57)49-31(17-33(44)53)38(58)47-28(41(61)62)12-13-32(43)52/h4-11,18-20,25,28-31,35,45-46H,3,12-17,42H2,1-2H3,(H2,43,52)(H2,44,53)(H,47,58)(H,48,56)(H,49,57)(H,50,60)(H,51,59)(H,54,55)(H,61,62)/t20-,25-,28-,29-,30-,31-,35-/m0/s1. The zero-order valence-corrected chi connectivity index (χ0v) is 34.1. The van der Waals surface area contributed by atoms with Gasteiger partial charge in [0.05, 0.1) is 18.9 Å². The Hall–Kier alpha value is -7.29. The summed E-state index contributed by atoms with van der Waals surface area (Å²) in [5.41, 5.74) is 19.0. The lowest BCUT2D eigenvalue weighted by Gasteiger charge is -2.29. The molecule has 4 rings (SSSR count). The molecule has 7 amide bonds. The SMILES string of the molecule is CC[C@H](C)[C@H](NC(=O)[C@H](Cc1c[nH]c2ccccc12)NC(=O)[C@@H](N)CC(=O)O)C(=O)N[C@@H](Cc1c[nH]c2ccccc12)C(=O)N[C@@H](CC(N)=O)C(=O)N[C@@H](CCC(N)=O)C(=O)O. The Bertz CT molecular complexity index is 2310. The molecule has 0 aliphatic rings. The zero-order chi connectivity index (χ0) is 45.7. The lowest BCUT2D eigenvalue weighted by atomic mass is 9.96. The van der Waals surface area contributed by atoms with Gasteiger partial charge in [-0.2, -0.15) is 0 Å². The Morgan fingerprint density at radius 1 is 0.613 bits per heavy atom. The third-order valence-corrected chi connectivity index (χ3v) is 10.3. The van der Waals surface area contributed by atoms with Crippen LogP contribution in [0.25, 0.3) is 21.8 Å². The maximum atomic E-state index is 14.3. The molecule has 0 fully saturated rings. The van der Waals surface area contributed by atoms with E-state index in [9.17, 15) is 53.4 Å². The van der Waals surface area contributed by atoms with Gasteiger partial charge in [0.1, 0.15) is 30.2 Å². The van der Waals surface area contributed by atoms with Crippen LogP contribution in [0.2, 0.25) is 0 Å². The van der Waals surface area contributed by atoms with Crippen molar-refractivity contribution in [1.82, 2.24) is 36.6 Å². The molecule has 2 aromatic heterocycles. The minimum atomic E-state index is -1.73. The lowest BCUT2D eigenvalue weighted by molar-refractivity contribution is -0.143. The number of para-hydroxylation sites is 2. The fraction of sp³-hybridized carbons (Fsp3) is 0.390. The molecule has 62 heavy (non-hydrogen) atoms. The van der Waals surface area contributed by atoms with Crippen LogP contribution in [0.3, 0.4) is 0 Å². The second-order valence-corrected chi connectivity index (χ2v) is 15.0. The highest BCUT2D eigenvalue weighted by Crippen LogP contribution is 2.21. The molecule has 0 saturated heterocycles. The lowest BCUT2D eigenvalue weighted by Crippen LogP contribution is -2.61. The van der Waals surface area contributed by atoms with Gasteiger partial charge in [-0.05, 0) is 35.6 Å². The highest BCUT2D eigenvalue weighted by Gasteiger charge is 2.36. The molecular weight excluding hydrogens is 809 g/mol. The Kier molecular flexibility index (Phi) is 16.7. The summed E-state index contributed by atoms with van der Waals surface area (Å²) in [4.78, 5) is 122. The number of primary amides is 2. The van der Waals surface area contributed by atoms with Crippen molar-refractivity contribution in [2.45, 2.75) is 95.0 Å². The number of amides is 7. The molecule has 0 aliphatic carbocycles. The number of hydrogen-bond donors (Lipinski definition) is 12. The van der Waals surface area contributed by atoms with Gasteiger partial charge < -0.3 is 64.0 Å². The first-order valence-corrected chi connectivity index (χ1v) is 19.8. The van der Waals surface area contributed by atoms with Crippen molar-refractivity contribution in [3.8, 4) is 0 Å². The van der Waals surface area contributed by atoms with E-state index >= 15 is 0 Å². The van der Waals surface area contributed by atoms with Gasteiger partial charge in [-0.15, -0.1) is 0 Å². The Morgan fingerprint density at radius 3 is 1.56 bits per heavy atom. The van der Waals surface area contributed by atoms with Gasteiger partial charge in [0.2, 0.25) is 41.4 Å². The molecule has 15 N–H and O–H groups in total. The number of nitrogens with two attached hydrogens (primary N) is 3. The fourth-order valence-electron chi connectivity index (χ4n) is 6.74. The summed E-state index contributed by atoms with van der Waals surface area (Å²) < 4.78 is 0. The number of fused-ring (bicyclic) bond motifs is 2. The minimum absolute atomic E-state index is 0.101. The van der Waals surface area contributed by atoms with Gasteiger partial charge in [-0.1, -0.05) is 56.7 Å². The van der Waals surface area contributed by atoms with E-state index in [1.165, 1.54) is 0 Å². The smallest absolute Gasteiger partial charge is 0.326 e. The Balaban J connectivity index is 1.65. The summed E-state index contributed by atoms with van der Waals surface area (Å²) in [6, 6.07) is 5.23. The zero-order valence-electron chi connectivity index (χ0n) is 34.1. The fourth-order valence-corrected chi connectivity index (χ4v) is 6.74. The second-order valence-electron chi connectivity index (χ2n) is 15.0. The van der Waals surface area contributed by atoms with Crippen LogP contribution in [-0.4, -0.2) is 110 Å². The van der Waals surface area contributed by atoms with E-state index in [-0.39, 0.29) is 12.8 Å². The van der Waals surface area contributed by atoms with Crippen molar-refractivity contribution in [3.05, 3.63) is 72.1 Å². The number of aromatic nitrogens is 2. The number of carbonyl (C=O) groups is 9. The van der Waals surface area contributed by atoms with Crippen LogP contribution in [0.1, 0.15) is 57.1 Å². The molecule has 0 bridgehead atoms. The molecule has 2 aromatic carbocycles. The number of carboxylic acids is 2. The quantitative estimate of drug-likeness (QED) is 0.0401. The molecule has 332 valence electrons. The van der Waals surface area contributed by atoms with E-state index in [0.717, 1.165) is 10.9 Å². The minimum Gasteiger partial charge on any atom is -0.481 e. The number of H-pyrrole nitrogens is 2. The second kappa shape index (κ2) is 21.8. The molecular formula is C41H52N10O11. The summed E-state index contributed by atoms with van der Waals surface area (Å²) in [5, 5.41) is 32.8. The van der Waals surface area contributed by atoms with E-state index in [1.807, 2.05) is 6.07 Å². The van der Waals surface area contributed by atoms with E-state index in [0.29, 0.717) is 28.5 Å². The number of carboxylic acid groups (broad SMARTS) is 2. The molecule has 2 heterocycles. The third kappa shape index (κ3) is 13.1. The normalized spacial score (nSPS) is 14.6. The molecule has 0 unspecified atom stereocenters. The first-order valence-electron chi connectivity index (χ1n) is 19.8. The van der Waals surface area contributed by atoms with Crippen LogP contribution < -0.4 is 43.8 Å². The molecule has 21 nitrogen and oxygen atoms in total. The van der Waals surface area contributed by atoms with Crippen LogP contribution in [0, 0.1) is 5.92 Å². The summed E-state index contributed by atoms with van der Waals surface area (Å²) in [7, 11) is 0. The maximum absolute atomic E-state index is 14.3. The first kappa shape index (κ1) is 47.4. The number of carbonyl (C=O) groups excluding carboxylic acids is 7. The van der Waals surface area contributed by atoms with Gasteiger partial charge in [-0.3, -0.25) is 38.4 Å². The highest BCUT2D eigenvalue weighted by atomic mass is 16.4. The molecule has 21 heteroatoms. The molecule has 4 aromatic rings. The van der Waals surface area contributed by atoms with Crippen LogP contribution in [0.15, 0.2) is 60.9 Å². The third-order valence-electron chi connectivity index (χ3n) is 10.3. The topological polar surface area (TPSA) is 364 Å². The van der Waals surface area contributed by atoms with Gasteiger partial charge in [0, 0.05) is 53.5 Å². The molecule has 0 spiro atoms. The average Bonchev–Trinajstić information content (AvgIpc) is 3.83. The number of aromatic amines is 2. The molecule has 7 atom stereocenters. The maximum Gasteiger partial charge on any atom is 0.326 e. The molecule has 0 saturated carbocycles. The first-order chi connectivity index (χ1) is 29.4. The Morgan fingerprint density at radius 2 is 1.08 bits per heavy atom. The van der Waals surface area contributed by atoms with Crippen molar-refractivity contribution in [1.29, 1.82) is 0 Å². The van der Waals surface area contributed by atoms with Gasteiger partial charge in [0.15, 0.2) is 0 Å². The number of hydrogen-bond acceptors (Lipinski definition) is 10. The molecule has 0 radical (unpaired) electrons. The van der Waals surface area contributed by atoms with Gasteiger partial charge in [-0.25, -0.2) is 4.79 Å². The van der Waals surface area contributed by atoms with Gasteiger partial charge in [0.25, 0.3) is 0 Å². The van der Waals surface area contributed by atoms with E-state index < -0.39 is 121 Å². The van der Waals surface area contributed by atoms with Crippen molar-refractivity contribution in [2.75, 3.05) is 0 Å². The summed E-state index contributed by atoms with van der Waals surface area (Å²) in [6.45, 7) is 3.42. The van der Waals surface area contributed by atoms with Crippen molar-refractivity contribution in [2.24, 2.45) is 23.1 Å². The number of nitrogens with one attached hydrogen (secondary N) is 7. The highest BCUT2D eigenvalue weighted by molar-refractivity contribution is 5.98.